The average Bonchev–Trinajstić information content (AvgIpc) is 2.90. The van der Waals surface area contributed by atoms with E-state index in [0.29, 0.717) is 19.6 Å². The lowest BCUT2D eigenvalue weighted by atomic mass is 10.1. The summed E-state index contributed by atoms with van der Waals surface area (Å²) in [5.41, 5.74) is 5.68. The van der Waals surface area contributed by atoms with Crippen molar-refractivity contribution in [2.24, 2.45) is 5.73 Å². The van der Waals surface area contributed by atoms with Crippen LogP contribution in [-0.2, 0) is 16.8 Å². The number of hydrogen-bond acceptors (Lipinski definition) is 4. The van der Waals surface area contributed by atoms with Crippen molar-refractivity contribution in [2.75, 3.05) is 13.1 Å². The number of nitrogens with zero attached hydrogens (tertiary/aromatic N) is 3. The van der Waals surface area contributed by atoms with Crippen molar-refractivity contribution in [3.05, 3.63) is 18.7 Å². The smallest absolute Gasteiger partial charge is 0.280 e. The Labute approximate surface area is 120 Å². The van der Waals surface area contributed by atoms with E-state index in [-0.39, 0.29) is 12.1 Å². The van der Waals surface area contributed by atoms with E-state index in [4.69, 9.17) is 5.73 Å². The maximum absolute atomic E-state index is 12.4. The third-order valence-electron chi connectivity index (χ3n) is 3.55. The fourth-order valence-corrected chi connectivity index (χ4v) is 4.27. The molecule has 0 radical (unpaired) electrons. The highest BCUT2D eigenvalue weighted by Gasteiger charge is 2.32. The lowest BCUT2D eigenvalue weighted by Gasteiger charge is -2.34. The Morgan fingerprint density at radius 1 is 1.50 bits per heavy atom. The molecule has 7 nitrogen and oxygen atoms in total. The van der Waals surface area contributed by atoms with E-state index in [9.17, 15) is 8.42 Å². The minimum atomic E-state index is -3.48. The molecular formula is C12H23N5O2S. The summed E-state index contributed by atoms with van der Waals surface area (Å²) in [6, 6.07) is -0.281. The quantitative estimate of drug-likeness (QED) is 0.768. The molecule has 1 aromatic rings. The Bertz CT molecular complexity index is 502. The molecule has 3 N–H and O–H groups in total. The number of imidazole rings is 1. The molecule has 0 spiro atoms. The van der Waals surface area contributed by atoms with Crippen LogP contribution in [0.1, 0.15) is 26.2 Å². The fraction of sp³-hybridized carbons (Fsp3) is 0.750. The molecule has 1 aromatic heterocycles. The Morgan fingerprint density at radius 3 is 2.95 bits per heavy atom. The first kappa shape index (κ1) is 15.4. The Balaban J connectivity index is 1.98. The molecule has 1 fully saturated rings. The highest BCUT2D eigenvalue weighted by molar-refractivity contribution is 7.87. The molecule has 0 amide bonds. The van der Waals surface area contributed by atoms with Crippen LogP contribution in [0.5, 0.6) is 0 Å². The largest absolute Gasteiger partial charge is 0.336 e. The van der Waals surface area contributed by atoms with E-state index in [1.54, 1.807) is 12.5 Å². The van der Waals surface area contributed by atoms with Gasteiger partial charge in [-0.25, -0.2) is 4.98 Å². The molecule has 1 aliphatic heterocycles. The summed E-state index contributed by atoms with van der Waals surface area (Å²) < 4.78 is 30.9. The number of rotatable bonds is 6. The van der Waals surface area contributed by atoms with Crippen LogP contribution >= 0.6 is 0 Å². The molecule has 2 rings (SSSR count). The number of piperidine rings is 1. The van der Waals surface area contributed by atoms with Crippen LogP contribution in [0.2, 0.25) is 0 Å². The zero-order chi connectivity index (χ0) is 14.6. The van der Waals surface area contributed by atoms with Gasteiger partial charge in [-0.05, 0) is 19.8 Å². The maximum atomic E-state index is 12.4. The fourth-order valence-electron chi connectivity index (χ4n) is 2.60. The van der Waals surface area contributed by atoms with Crippen molar-refractivity contribution in [1.82, 2.24) is 18.6 Å². The van der Waals surface area contributed by atoms with Gasteiger partial charge < -0.3 is 10.3 Å². The highest BCUT2D eigenvalue weighted by Crippen LogP contribution is 2.19. The van der Waals surface area contributed by atoms with E-state index in [2.05, 4.69) is 9.71 Å². The monoisotopic (exact) mass is 301 g/mol. The van der Waals surface area contributed by atoms with Gasteiger partial charge in [0.15, 0.2) is 0 Å². The summed E-state index contributed by atoms with van der Waals surface area (Å²) >= 11 is 0. The predicted molar refractivity (Wildman–Crippen MR) is 77.1 cm³/mol. The SMILES string of the molecule is CC(Cn1ccnc1)NS(=O)(=O)N1CCCCC1CN. The molecule has 1 aliphatic rings. The van der Waals surface area contributed by atoms with Gasteiger partial charge in [0.1, 0.15) is 0 Å². The van der Waals surface area contributed by atoms with Gasteiger partial charge in [0, 0.05) is 44.1 Å². The summed E-state index contributed by atoms with van der Waals surface area (Å²) in [6.07, 6.45) is 7.94. The number of nitrogens with one attached hydrogen (secondary N) is 1. The summed E-state index contributed by atoms with van der Waals surface area (Å²) in [7, 11) is -3.48. The van der Waals surface area contributed by atoms with E-state index < -0.39 is 10.2 Å². The molecule has 0 aliphatic carbocycles. The lowest BCUT2D eigenvalue weighted by molar-refractivity contribution is 0.252. The van der Waals surface area contributed by atoms with Gasteiger partial charge in [-0.3, -0.25) is 0 Å². The normalized spacial score (nSPS) is 22.8. The third-order valence-corrected chi connectivity index (χ3v) is 5.35. The zero-order valence-electron chi connectivity index (χ0n) is 11.8. The second kappa shape index (κ2) is 6.66. The standard InChI is InChI=1S/C12H23N5O2S/c1-11(9-16-7-5-14-10-16)15-20(18,19)17-6-3-2-4-12(17)8-13/h5,7,10-12,15H,2-4,6,8-9,13H2,1H3. The van der Waals surface area contributed by atoms with Crippen LogP contribution in [0, 0.1) is 0 Å². The van der Waals surface area contributed by atoms with Crippen LogP contribution in [0.3, 0.4) is 0 Å². The first-order chi connectivity index (χ1) is 9.53. The second-order valence-corrected chi connectivity index (χ2v) is 6.93. The molecule has 1 saturated heterocycles. The topological polar surface area (TPSA) is 93.2 Å². The first-order valence-corrected chi connectivity index (χ1v) is 8.42. The summed E-state index contributed by atoms with van der Waals surface area (Å²) in [5.74, 6) is 0. The number of hydrogen-bond donors (Lipinski definition) is 2. The van der Waals surface area contributed by atoms with Gasteiger partial charge in [0.05, 0.1) is 6.33 Å². The molecule has 0 aromatic carbocycles. The van der Waals surface area contributed by atoms with Gasteiger partial charge in [-0.15, -0.1) is 0 Å². The molecule has 0 saturated carbocycles. The molecular weight excluding hydrogens is 278 g/mol. The van der Waals surface area contributed by atoms with Gasteiger partial charge in [-0.1, -0.05) is 6.42 Å². The van der Waals surface area contributed by atoms with Gasteiger partial charge in [-0.2, -0.15) is 17.4 Å². The van der Waals surface area contributed by atoms with Gasteiger partial charge >= 0.3 is 0 Å². The van der Waals surface area contributed by atoms with Crippen LogP contribution in [0.25, 0.3) is 0 Å². The second-order valence-electron chi connectivity index (χ2n) is 5.28. The van der Waals surface area contributed by atoms with Crippen LogP contribution in [0.4, 0.5) is 0 Å². The maximum Gasteiger partial charge on any atom is 0.280 e. The van der Waals surface area contributed by atoms with Crippen LogP contribution in [-0.4, -0.2) is 47.4 Å². The van der Waals surface area contributed by atoms with Gasteiger partial charge in [0.25, 0.3) is 10.2 Å². The van der Waals surface area contributed by atoms with E-state index in [0.717, 1.165) is 19.3 Å². The highest BCUT2D eigenvalue weighted by atomic mass is 32.2. The molecule has 20 heavy (non-hydrogen) atoms. The molecule has 114 valence electrons. The van der Waals surface area contributed by atoms with E-state index in [1.165, 1.54) is 4.31 Å². The van der Waals surface area contributed by atoms with Crippen molar-refractivity contribution in [3.63, 3.8) is 0 Å². The predicted octanol–water partition coefficient (Wildman–Crippen LogP) is -0.0808. The van der Waals surface area contributed by atoms with Crippen molar-refractivity contribution in [1.29, 1.82) is 0 Å². The van der Waals surface area contributed by atoms with Crippen molar-refractivity contribution in [3.8, 4) is 0 Å². The Kier molecular flexibility index (Phi) is 5.14. The molecule has 2 heterocycles. The van der Waals surface area contributed by atoms with Crippen molar-refractivity contribution >= 4 is 10.2 Å². The van der Waals surface area contributed by atoms with Gasteiger partial charge in [0.2, 0.25) is 0 Å². The van der Waals surface area contributed by atoms with Crippen molar-refractivity contribution < 1.29 is 8.42 Å². The number of aromatic nitrogens is 2. The lowest BCUT2D eigenvalue weighted by Crippen LogP contribution is -2.53. The minimum Gasteiger partial charge on any atom is -0.336 e. The first-order valence-electron chi connectivity index (χ1n) is 6.98. The summed E-state index contributed by atoms with van der Waals surface area (Å²) in [6.45, 7) is 3.32. The molecule has 2 atom stereocenters. The molecule has 8 heteroatoms. The summed E-state index contributed by atoms with van der Waals surface area (Å²) in [4.78, 5) is 3.95. The average molecular weight is 301 g/mol. The van der Waals surface area contributed by atoms with E-state index >= 15 is 0 Å². The molecule has 2 unspecified atom stereocenters. The Morgan fingerprint density at radius 2 is 2.30 bits per heavy atom. The van der Waals surface area contributed by atoms with Crippen LogP contribution < -0.4 is 10.5 Å². The third kappa shape index (κ3) is 3.78. The van der Waals surface area contributed by atoms with Crippen molar-refractivity contribution in [2.45, 2.75) is 44.8 Å². The van der Waals surface area contributed by atoms with E-state index in [1.807, 2.05) is 17.7 Å². The zero-order valence-corrected chi connectivity index (χ0v) is 12.6. The Hall–Kier alpha value is -0.960. The minimum absolute atomic E-state index is 0.0818. The molecule has 0 bridgehead atoms. The number of nitrogens with two attached hydrogens (primary N) is 1. The van der Waals surface area contributed by atoms with Crippen LogP contribution in [0.15, 0.2) is 18.7 Å². The summed E-state index contributed by atoms with van der Waals surface area (Å²) in [5, 5.41) is 0.